The van der Waals surface area contributed by atoms with Gasteiger partial charge in [0.15, 0.2) is 0 Å². The van der Waals surface area contributed by atoms with E-state index in [1.807, 2.05) is 0 Å². The molecule has 0 unspecified atom stereocenters. The van der Waals surface area contributed by atoms with E-state index in [1.54, 1.807) is 18.2 Å². The van der Waals surface area contributed by atoms with Crippen LogP contribution in [0.15, 0.2) is 24.3 Å². The minimum absolute atomic E-state index is 0.0559. The first-order valence-electron chi connectivity index (χ1n) is 4.98. The van der Waals surface area contributed by atoms with Crippen molar-refractivity contribution in [1.29, 1.82) is 0 Å². The van der Waals surface area contributed by atoms with Crippen molar-refractivity contribution < 1.29 is 9.18 Å². The average molecular weight is 208 g/mol. The number of para-hydroxylation sites is 1. The Hall–Kier alpha value is -1.42. The fourth-order valence-electron chi connectivity index (χ4n) is 1.67. The van der Waals surface area contributed by atoms with Gasteiger partial charge in [-0.1, -0.05) is 12.1 Å². The number of anilines is 1. The first-order valence-corrected chi connectivity index (χ1v) is 4.98. The van der Waals surface area contributed by atoms with Gasteiger partial charge in [0.1, 0.15) is 5.82 Å². The average Bonchev–Trinajstić information content (AvgIpc) is 2.17. The third kappa shape index (κ3) is 2.15. The van der Waals surface area contributed by atoms with Crippen LogP contribution in [-0.4, -0.2) is 11.9 Å². The molecule has 2 rings (SSSR count). The summed E-state index contributed by atoms with van der Waals surface area (Å²) >= 11 is 0. The van der Waals surface area contributed by atoms with Gasteiger partial charge in [-0.3, -0.25) is 4.79 Å². The number of nitrogens with one attached hydrogen (secondary N) is 1. The predicted octanol–water partition coefficient (Wildman–Crippen LogP) is 1.50. The Kier molecular flexibility index (Phi) is 2.68. The Morgan fingerprint density at radius 3 is 2.67 bits per heavy atom. The number of benzene rings is 1. The third-order valence-corrected chi connectivity index (χ3v) is 2.68. The molecule has 0 aromatic heterocycles. The lowest BCUT2D eigenvalue weighted by atomic mass is 9.80. The summed E-state index contributed by atoms with van der Waals surface area (Å²) in [6.07, 6.45) is 1.39. The molecule has 0 spiro atoms. The van der Waals surface area contributed by atoms with E-state index >= 15 is 0 Å². The van der Waals surface area contributed by atoms with Crippen LogP contribution in [0.2, 0.25) is 0 Å². The van der Waals surface area contributed by atoms with Crippen LogP contribution in [0.1, 0.15) is 12.8 Å². The summed E-state index contributed by atoms with van der Waals surface area (Å²) in [6, 6.07) is 6.27. The van der Waals surface area contributed by atoms with Crippen LogP contribution in [0.4, 0.5) is 10.1 Å². The molecule has 3 N–H and O–H groups in total. The summed E-state index contributed by atoms with van der Waals surface area (Å²) in [4.78, 5) is 11.6. The summed E-state index contributed by atoms with van der Waals surface area (Å²) < 4.78 is 13.2. The summed E-state index contributed by atoms with van der Waals surface area (Å²) in [5.41, 5.74) is 5.81. The number of hydrogen-bond acceptors (Lipinski definition) is 2. The molecule has 0 radical (unpaired) electrons. The lowest BCUT2D eigenvalue weighted by Crippen LogP contribution is -2.42. The maximum atomic E-state index is 13.2. The van der Waals surface area contributed by atoms with Gasteiger partial charge in [-0.2, -0.15) is 0 Å². The predicted molar refractivity (Wildman–Crippen MR) is 55.7 cm³/mol. The van der Waals surface area contributed by atoms with E-state index in [2.05, 4.69) is 5.32 Å². The molecular formula is C11H13FN2O. The number of nitrogens with two attached hydrogens (primary N) is 1. The zero-order valence-corrected chi connectivity index (χ0v) is 8.24. The van der Waals surface area contributed by atoms with Crippen molar-refractivity contribution in [3.05, 3.63) is 30.1 Å². The van der Waals surface area contributed by atoms with Crippen molar-refractivity contribution in [2.45, 2.75) is 18.9 Å². The minimum atomic E-state index is -0.408. The van der Waals surface area contributed by atoms with E-state index in [-0.39, 0.29) is 23.6 Å². The molecule has 1 aromatic carbocycles. The molecule has 0 aliphatic heterocycles. The summed E-state index contributed by atoms with van der Waals surface area (Å²) in [5.74, 6) is -0.601. The Bertz CT molecular complexity index is 375. The topological polar surface area (TPSA) is 55.1 Å². The van der Waals surface area contributed by atoms with Crippen LogP contribution < -0.4 is 11.1 Å². The number of hydrogen-bond donors (Lipinski definition) is 2. The molecule has 4 heteroatoms. The van der Waals surface area contributed by atoms with Crippen LogP contribution in [-0.2, 0) is 4.79 Å². The Balaban J connectivity index is 1.97. The van der Waals surface area contributed by atoms with Gasteiger partial charge in [0.2, 0.25) is 5.91 Å². The molecule has 3 nitrogen and oxygen atoms in total. The van der Waals surface area contributed by atoms with Gasteiger partial charge in [-0.15, -0.1) is 0 Å². The second kappa shape index (κ2) is 3.98. The highest BCUT2D eigenvalue weighted by molar-refractivity contribution is 5.93. The van der Waals surface area contributed by atoms with E-state index < -0.39 is 5.82 Å². The van der Waals surface area contributed by atoms with Crippen LogP contribution >= 0.6 is 0 Å². The van der Waals surface area contributed by atoms with Gasteiger partial charge in [0, 0.05) is 12.0 Å². The molecule has 0 saturated heterocycles. The maximum absolute atomic E-state index is 13.2. The fourth-order valence-corrected chi connectivity index (χ4v) is 1.67. The Labute approximate surface area is 87.5 Å². The largest absolute Gasteiger partial charge is 0.328 e. The van der Waals surface area contributed by atoms with E-state index in [4.69, 9.17) is 5.73 Å². The lowest BCUT2D eigenvalue weighted by molar-refractivity contribution is -0.122. The van der Waals surface area contributed by atoms with Gasteiger partial charge >= 0.3 is 0 Å². The Morgan fingerprint density at radius 1 is 1.40 bits per heavy atom. The molecule has 1 aliphatic carbocycles. The Morgan fingerprint density at radius 2 is 2.07 bits per heavy atom. The summed E-state index contributed by atoms with van der Waals surface area (Å²) in [7, 11) is 0. The second-order valence-electron chi connectivity index (χ2n) is 3.90. The van der Waals surface area contributed by atoms with Crippen molar-refractivity contribution in [1.82, 2.24) is 0 Å². The minimum Gasteiger partial charge on any atom is -0.328 e. The van der Waals surface area contributed by atoms with Crippen LogP contribution in [0.25, 0.3) is 0 Å². The van der Waals surface area contributed by atoms with E-state index in [9.17, 15) is 9.18 Å². The number of carbonyl (C=O) groups is 1. The number of carbonyl (C=O) groups excluding carboxylic acids is 1. The standard InChI is InChI=1S/C11H13FN2O/c12-9-3-1-2-4-10(9)14-11(15)7-5-8(13)6-7/h1-4,7-8H,5-6,13H2,(H,14,15). The van der Waals surface area contributed by atoms with Crippen molar-refractivity contribution >= 4 is 11.6 Å². The van der Waals surface area contributed by atoms with Crippen molar-refractivity contribution in [3.63, 3.8) is 0 Å². The molecule has 1 amide bonds. The highest BCUT2D eigenvalue weighted by Crippen LogP contribution is 2.27. The molecule has 0 atom stereocenters. The van der Waals surface area contributed by atoms with Crippen molar-refractivity contribution in [2.24, 2.45) is 11.7 Å². The van der Waals surface area contributed by atoms with E-state index in [0.29, 0.717) is 12.8 Å². The zero-order chi connectivity index (χ0) is 10.8. The molecule has 1 fully saturated rings. The molecule has 1 aliphatic rings. The zero-order valence-electron chi connectivity index (χ0n) is 8.24. The first-order chi connectivity index (χ1) is 7.16. The number of rotatable bonds is 2. The fraction of sp³-hybridized carbons (Fsp3) is 0.364. The summed E-state index contributed by atoms with van der Waals surface area (Å²) in [5, 5.41) is 2.56. The van der Waals surface area contributed by atoms with Crippen LogP contribution in [0, 0.1) is 11.7 Å². The van der Waals surface area contributed by atoms with Crippen LogP contribution in [0.5, 0.6) is 0 Å². The number of amides is 1. The van der Waals surface area contributed by atoms with Gasteiger partial charge < -0.3 is 11.1 Å². The lowest BCUT2D eigenvalue weighted by Gasteiger charge is -2.31. The highest BCUT2D eigenvalue weighted by atomic mass is 19.1. The smallest absolute Gasteiger partial charge is 0.227 e. The van der Waals surface area contributed by atoms with Gasteiger partial charge in [-0.05, 0) is 25.0 Å². The molecular weight excluding hydrogens is 195 g/mol. The van der Waals surface area contributed by atoms with Gasteiger partial charge in [-0.25, -0.2) is 4.39 Å². The molecule has 0 heterocycles. The van der Waals surface area contributed by atoms with Gasteiger partial charge in [0.05, 0.1) is 5.69 Å². The molecule has 15 heavy (non-hydrogen) atoms. The third-order valence-electron chi connectivity index (χ3n) is 2.68. The number of halogens is 1. The second-order valence-corrected chi connectivity index (χ2v) is 3.90. The monoisotopic (exact) mass is 208 g/mol. The van der Waals surface area contributed by atoms with Crippen molar-refractivity contribution in [2.75, 3.05) is 5.32 Å². The maximum Gasteiger partial charge on any atom is 0.227 e. The quantitative estimate of drug-likeness (QED) is 0.773. The molecule has 1 saturated carbocycles. The van der Waals surface area contributed by atoms with Crippen molar-refractivity contribution in [3.8, 4) is 0 Å². The normalized spacial score (nSPS) is 24.4. The molecule has 1 aromatic rings. The van der Waals surface area contributed by atoms with E-state index in [1.165, 1.54) is 6.07 Å². The van der Waals surface area contributed by atoms with Gasteiger partial charge in [0.25, 0.3) is 0 Å². The summed E-state index contributed by atoms with van der Waals surface area (Å²) in [6.45, 7) is 0. The molecule has 80 valence electrons. The first kappa shape index (κ1) is 10.1. The van der Waals surface area contributed by atoms with E-state index in [0.717, 1.165) is 0 Å². The van der Waals surface area contributed by atoms with Crippen LogP contribution in [0.3, 0.4) is 0 Å². The SMILES string of the molecule is NC1CC(C(=O)Nc2ccccc2F)C1. The highest BCUT2D eigenvalue weighted by Gasteiger charge is 2.32. The molecule has 0 bridgehead atoms.